The molecule has 0 spiro atoms. The van der Waals surface area contributed by atoms with Gasteiger partial charge in [-0.2, -0.15) is 0 Å². The third-order valence-corrected chi connectivity index (χ3v) is 6.97. The Bertz CT molecular complexity index is 508. The molecule has 0 heterocycles. The molecular formula is C13H13BrCl4O2. The first-order valence-corrected chi connectivity index (χ1v) is 8.55. The van der Waals surface area contributed by atoms with Crippen molar-refractivity contribution < 1.29 is 9.47 Å². The lowest BCUT2D eigenvalue weighted by atomic mass is 9.88. The Morgan fingerprint density at radius 1 is 1.20 bits per heavy atom. The van der Waals surface area contributed by atoms with Gasteiger partial charge in [-0.3, -0.25) is 0 Å². The smallest absolute Gasteiger partial charge is 0.217 e. The molecule has 1 fully saturated rings. The first kappa shape index (κ1) is 17.2. The van der Waals surface area contributed by atoms with Crippen molar-refractivity contribution in [2.75, 3.05) is 19.5 Å². The molecule has 112 valence electrons. The van der Waals surface area contributed by atoms with Gasteiger partial charge in [0.2, 0.25) is 5.79 Å². The Morgan fingerprint density at radius 3 is 2.25 bits per heavy atom. The molecule has 0 aromatic carbocycles. The van der Waals surface area contributed by atoms with E-state index in [1.165, 1.54) is 14.2 Å². The van der Waals surface area contributed by atoms with Crippen LogP contribution in [0.2, 0.25) is 0 Å². The summed E-state index contributed by atoms with van der Waals surface area (Å²) < 4.78 is 11.1. The molecule has 0 saturated heterocycles. The first-order valence-electron chi connectivity index (χ1n) is 5.91. The van der Waals surface area contributed by atoms with Gasteiger partial charge in [0.05, 0.1) is 15.4 Å². The van der Waals surface area contributed by atoms with Gasteiger partial charge >= 0.3 is 0 Å². The minimum absolute atomic E-state index is 0.108. The van der Waals surface area contributed by atoms with Crippen LogP contribution in [0.4, 0.5) is 0 Å². The summed E-state index contributed by atoms with van der Waals surface area (Å²) in [6, 6.07) is 0. The highest BCUT2D eigenvalue weighted by Gasteiger charge is 2.80. The third-order valence-electron chi connectivity index (χ3n) is 4.07. The quantitative estimate of drug-likeness (QED) is 0.380. The van der Waals surface area contributed by atoms with Crippen LogP contribution in [0.5, 0.6) is 0 Å². The molecule has 2 nitrogen and oxygen atoms in total. The summed E-state index contributed by atoms with van der Waals surface area (Å²) in [6.07, 6.45) is 1.03. The summed E-state index contributed by atoms with van der Waals surface area (Å²) in [5, 5.41) is 1.19. The maximum atomic E-state index is 6.81. The molecule has 2 bridgehead atoms. The minimum Gasteiger partial charge on any atom is -0.350 e. The van der Waals surface area contributed by atoms with E-state index in [9.17, 15) is 0 Å². The summed E-state index contributed by atoms with van der Waals surface area (Å²) in [4.78, 5) is -2.21. The zero-order valence-electron chi connectivity index (χ0n) is 10.9. The second-order valence-electron chi connectivity index (χ2n) is 4.76. The van der Waals surface area contributed by atoms with Crippen LogP contribution in [0.3, 0.4) is 0 Å². The highest BCUT2D eigenvalue weighted by atomic mass is 79.9. The maximum absolute atomic E-state index is 6.81. The number of rotatable bonds is 3. The van der Waals surface area contributed by atoms with Crippen molar-refractivity contribution in [2.24, 2.45) is 5.92 Å². The van der Waals surface area contributed by atoms with Crippen molar-refractivity contribution >= 4 is 62.3 Å². The fourth-order valence-corrected chi connectivity index (χ4v) is 5.50. The number of halogens is 5. The predicted molar refractivity (Wildman–Crippen MR) is 86.9 cm³/mol. The summed E-state index contributed by atoms with van der Waals surface area (Å²) in [7, 11) is 2.98. The number of ether oxygens (including phenoxy) is 2. The van der Waals surface area contributed by atoms with Gasteiger partial charge in [0.25, 0.3) is 0 Å². The standard InChI is InChI=1S/C13H13BrCl4O2/c1-19-13(20-2)11(17)7-8(5-3-4-6-14)12(13,18)10(16)9(11)15/h8H,5-7H2,1-2H3/t8-,11+,12-/m1/s1. The van der Waals surface area contributed by atoms with Gasteiger partial charge in [-0.05, 0) is 6.42 Å². The van der Waals surface area contributed by atoms with Crippen molar-refractivity contribution in [3.63, 3.8) is 0 Å². The Balaban J connectivity index is 2.51. The molecule has 0 N–H and O–H groups in total. The highest BCUT2D eigenvalue weighted by molar-refractivity contribution is 9.09. The summed E-state index contributed by atoms with van der Waals surface area (Å²) >= 11 is 29.4. The Hall–Kier alpha value is 0.860. The van der Waals surface area contributed by atoms with E-state index in [2.05, 4.69) is 27.8 Å². The number of fused-ring (bicyclic) bond motifs is 2. The monoisotopic (exact) mass is 420 g/mol. The normalized spacial score (nSPS) is 38.0. The number of hydrogen-bond donors (Lipinski definition) is 0. The van der Waals surface area contributed by atoms with E-state index in [0.717, 1.165) is 0 Å². The summed E-state index contributed by atoms with van der Waals surface area (Å²) in [5.41, 5.74) is 0. The average Bonchev–Trinajstić information content (AvgIpc) is 2.70. The van der Waals surface area contributed by atoms with Gasteiger partial charge in [0.1, 0.15) is 9.75 Å². The van der Waals surface area contributed by atoms with Crippen LogP contribution in [0.15, 0.2) is 10.1 Å². The lowest BCUT2D eigenvalue weighted by molar-refractivity contribution is -0.218. The van der Waals surface area contributed by atoms with E-state index < -0.39 is 15.5 Å². The minimum atomic E-state index is -1.29. The fourth-order valence-electron chi connectivity index (χ4n) is 3.22. The van der Waals surface area contributed by atoms with E-state index in [1.807, 2.05) is 0 Å². The zero-order chi connectivity index (χ0) is 15.2. The molecular weight excluding hydrogens is 410 g/mol. The van der Waals surface area contributed by atoms with E-state index in [1.54, 1.807) is 0 Å². The van der Waals surface area contributed by atoms with Crippen molar-refractivity contribution in [1.29, 1.82) is 0 Å². The van der Waals surface area contributed by atoms with Crippen molar-refractivity contribution in [2.45, 2.75) is 28.4 Å². The number of methoxy groups -OCH3 is 2. The molecule has 20 heavy (non-hydrogen) atoms. The second kappa shape index (κ2) is 5.81. The van der Waals surface area contributed by atoms with Crippen LogP contribution in [0.25, 0.3) is 0 Å². The van der Waals surface area contributed by atoms with Crippen molar-refractivity contribution in [3.8, 4) is 11.8 Å². The van der Waals surface area contributed by atoms with Gasteiger partial charge in [-0.15, -0.1) is 29.1 Å². The maximum Gasteiger partial charge on any atom is 0.217 e. The van der Waals surface area contributed by atoms with E-state index in [-0.39, 0.29) is 11.0 Å². The van der Waals surface area contributed by atoms with Gasteiger partial charge in [-0.25, -0.2) is 0 Å². The molecule has 2 aliphatic rings. The number of hydrogen-bond acceptors (Lipinski definition) is 2. The topological polar surface area (TPSA) is 18.5 Å². The summed E-state index contributed by atoms with van der Waals surface area (Å²) in [5.74, 6) is 4.59. The van der Waals surface area contributed by atoms with Crippen LogP contribution in [-0.4, -0.2) is 35.1 Å². The first-order chi connectivity index (χ1) is 9.35. The lowest BCUT2D eigenvalue weighted by Gasteiger charge is -2.41. The lowest BCUT2D eigenvalue weighted by Crippen LogP contribution is -2.56. The molecule has 0 aliphatic heterocycles. The second-order valence-corrected chi connectivity index (χ2v) is 7.32. The largest absolute Gasteiger partial charge is 0.350 e. The SMILES string of the molecule is COC1(OC)[C@]2(Cl)C[C@@H](CC#CCBr)[C@@]1(Cl)C(Cl)=C2Cl. The fraction of sp³-hybridized carbons (Fsp3) is 0.692. The number of alkyl halides is 3. The molecule has 0 unspecified atom stereocenters. The Labute approximate surface area is 147 Å². The van der Waals surface area contributed by atoms with E-state index in [0.29, 0.717) is 23.2 Å². The molecule has 2 rings (SSSR count). The Morgan fingerprint density at radius 2 is 1.80 bits per heavy atom. The van der Waals surface area contributed by atoms with Gasteiger partial charge in [0, 0.05) is 26.6 Å². The van der Waals surface area contributed by atoms with Crippen LogP contribution in [0, 0.1) is 17.8 Å². The van der Waals surface area contributed by atoms with E-state index in [4.69, 9.17) is 55.9 Å². The molecule has 3 atom stereocenters. The van der Waals surface area contributed by atoms with Gasteiger partial charge in [0.15, 0.2) is 0 Å². The van der Waals surface area contributed by atoms with Crippen LogP contribution in [-0.2, 0) is 9.47 Å². The Kier molecular flexibility index (Phi) is 5.00. The predicted octanol–water partition coefficient (Wildman–Crippen LogP) is 4.44. The van der Waals surface area contributed by atoms with Crippen molar-refractivity contribution in [3.05, 3.63) is 10.1 Å². The molecule has 1 saturated carbocycles. The highest BCUT2D eigenvalue weighted by Crippen LogP contribution is 2.72. The molecule has 0 aromatic rings. The molecule has 2 aliphatic carbocycles. The zero-order valence-corrected chi connectivity index (χ0v) is 15.5. The molecule has 7 heteroatoms. The van der Waals surface area contributed by atoms with Crippen LogP contribution < -0.4 is 0 Å². The summed E-state index contributed by atoms with van der Waals surface area (Å²) in [6.45, 7) is 0. The molecule has 0 amide bonds. The van der Waals surface area contributed by atoms with Gasteiger partial charge < -0.3 is 9.47 Å². The van der Waals surface area contributed by atoms with E-state index >= 15 is 0 Å². The van der Waals surface area contributed by atoms with Crippen molar-refractivity contribution in [1.82, 2.24) is 0 Å². The van der Waals surface area contributed by atoms with Gasteiger partial charge in [-0.1, -0.05) is 45.1 Å². The average molecular weight is 423 g/mol. The van der Waals surface area contributed by atoms with Crippen LogP contribution >= 0.6 is 62.3 Å². The molecule has 0 radical (unpaired) electrons. The third kappa shape index (κ3) is 1.86. The van der Waals surface area contributed by atoms with Crippen LogP contribution in [0.1, 0.15) is 12.8 Å². The molecule has 0 aromatic heterocycles.